The standard InChI is InChI=1S/C20H19ClFNO2/c1-4-24-19-11-14(10-17(21)20(19)25-13(2)3)9-15(12-23)16-7-5-6-8-18(16)22/h5-11,13H,4H2,1-3H3. The lowest BCUT2D eigenvalue weighted by atomic mass is 10.0. The van der Waals surface area contributed by atoms with Gasteiger partial charge in [0.05, 0.1) is 29.4 Å². The summed E-state index contributed by atoms with van der Waals surface area (Å²) in [4.78, 5) is 0. The van der Waals surface area contributed by atoms with Gasteiger partial charge in [0, 0.05) is 5.56 Å². The van der Waals surface area contributed by atoms with E-state index >= 15 is 0 Å². The number of allylic oxidation sites excluding steroid dienone is 1. The van der Waals surface area contributed by atoms with Crippen LogP contribution < -0.4 is 9.47 Å². The molecule has 25 heavy (non-hydrogen) atoms. The van der Waals surface area contributed by atoms with Crippen LogP contribution in [0.3, 0.4) is 0 Å². The number of nitrogens with zero attached hydrogens (tertiary/aromatic N) is 1. The van der Waals surface area contributed by atoms with Crippen LogP contribution in [-0.2, 0) is 0 Å². The largest absolute Gasteiger partial charge is 0.490 e. The van der Waals surface area contributed by atoms with E-state index < -0.39 is 5.82 Å². The molecule has 2 aromatic carbocycles. The predicted octanol–water partition coefficient (Wildman–Crippen LogP) is 5.73. The van der Waals surface area contributed by atoms with E-state index in [0.717, 1.165) is 0 Å². The maximum atomic E-state index is 14.0. The van der Waals surface area contributed by atoms with Gasteiger partial charge in [-0.3, -0.25) is 0 Å². The van der Waals surface area contributed by atoms with Crippen LogP contribution in [-0.4, -0.2) is 12.7 Å². The molecule has 130 valence electrons. The Labute approximate surface area is 152 Å². The highest BCUT2D eigenvalue weighted by Gasteiger charge is 2.14. The zero-order chi connectivity index (χ0) is 18.4. The molecule has 3 nitrogen and oxygen atoms in total. The molecule has 0 fully saturated rings. The van der Waals surface area contributed by atoms with Crippen molar-refractivity contribution in [2.45, 2.75) is 26.9 Å². The summed E-state index contributed by atoms with van der Waals surface area (Å²) in [7, 11) is 0. The Balaban J connectivity index is 2.52. The second-order valence-electron chi connectivity index (χ2n) is 5.58. The first-order valence-corrected chi connectivity index (χ1v) is 8.33. The van der Waals surface area contributed by atoms with Crippen LogP contribution in [0.4, 0.5) is 4.39 Å². The van der Waals surface area contributed by atoms with E-state index in [0.29, 0.717) is 28.7 Å². The number of halogens is 2. The summed E-state index contributed by atoms with van der Waals surface area (Å²) in [5.41, 5.74) is 1.07. The normalized spacial score (nSPS) is 11.3. The van der Waals surface area contributed by atoms with Gasteiger partial charge in [-0.25, -0.2) is 4.39 Å². The van der Waals surface area contributed by atoms with E-state index in [4.69, 9.17) is 21.1 Å². The van der Waals surface area contributed by atoms with Gasteiger partial charge in [0.2, 0.25) is 0 Å². The second kappa shape index (κ2) is 8.55. The Kier molecular flexibility index (Phi) is 6.44. The molecule has 0 heterocycles. The summed E-state index contributed by atoms with van der Waals surface area (Å²) >= 11 is 6.33. The minimum Gasteiger partial charge on any atom is -0.490 e. The quantitative estimate of drug-likeness (QED) is 0.488. The van der Waals surface area contributed by atoms with Crippen LogP contribution >= 0.6 is 11.6 Å². The Morgan fingerprint density at radius 3 is 2.64 bits per heavy atom. The third-order valence-electron chi connectivity index (χ3n) is 3.28. The van der Waals surface area contributed by atoms with Crippen LogP contribution in [0.15, 0.2) is 36.4 Å². The first-order valence-electron chi connectivity index (χ1n) is 7.96. The van der Waals surface area contributed by atoms with Crippen molar-refractivity contribution >= 4 is 23.3 Å². The molecule has 0 N–H and O–H groups in total. The number of hydrogen-bond acceptors (Lipinski definition) is 3. The summed E-state index contributed by atoms with van der Waals surface area (Å²) in [6.07, 6.45) is 1.51. The highest BCUT2D eigenvalue weighted by atomic mass is 35.5. The van der Waals surface area contributed by atoms with Crippen molar-refractivity contribution < 1.29 is 13.9 Å². The molecular formula is C20H19ClFNO2. The second-order valence-corrected chi connectivity index (χ2v) is 5.99. The molecule has 2 aromatic rings. The third-order valence-corrected chi connectivity index (χ3v) is 3.56. The lowest BCUT2D eigenvalue weighted by Crippen LogP contribution is -2.08. The zero-order valence-corrected chi connectivity index (χ0v) is 15.1. The van der Waals surface area contributed by atoms with Gasteiger partial charge in [0.1, 0.15) is 5.82 Å². The van der Waals surface area contributed by atoms with Gasteiger partial charge in [0.25, 0.3) is 0 Å². The highest BCUT2D eigenvalue weighted by Crippen LogP contribution is 2.38. The lowest BCUT2D eigenvalue weighted by Gasteiger charge is -2.16. The average Bonchev–Trinajstić information content (AvgIpc) is 2.56. The summed E-state index contributed by atoms with van der Waals surface area (Å²) in [6.45, 7) is 6.09. The van der Waals surface area contributed by atoms with Gasteiger partial charge in [-0.05, 0) is 50.6 Å². The smallest absolute Gasteiger partial charge is 0.180 e. The van der Waals surface area contributed by atoms with Gasteiger partial charge >= 0.3 is 0 Å². The Hall–Kier alpha value is -2.51. The van der Waals surface area contributed by atoms with E-state index in [-0.39, 0.29) is 17.2 Å². The fourth-order valence-electron chi connectivity index (χ4n) is 2.30. The number of benzene rings is 2. The van der Waals surface area contributed by atoms with E-state index in [9.17, 15) is 9.65 Å². The van der Waals surface area contributed by atoms with Gasteiger partial charge in [0.15, 0.2) is 11.5 Å². The highest BCUT2D eigenvalue weighted by molar-refractivity contribution is 6.32. The minimum atomic E-state index is -0.453. The number of rotatable bonds is 6. The summed E-state index contributed by atoms with van der Waals surface area (Å²) in [5.74, 6) is 0.493. The van der Waals surface area contributed by atoms with Gasteiger partial charge < -0.3 is 9.47 Å². The maximum Gasteiger partial charge on any atom is 0.180 e. The maximum absolute atomic E-state index is 14.0. The SMILES string of the molecule is CCOc1cc(C=C(C#N)c2ccccc2F)cc(Cl)c1OC(C)C. The minimum absolute atomic E-state index is 0.0637. The fourth-order valence-corrected chi connectivity index (χ4v) is 2.56. The van der Waals surface area contributed by atoms with Crippen LogP contribution in [0.2, 0.25) is 5.02 Å². The number of nitriles is 1. The predicted molar refractivity (Wildman–Crippen MR) is 98.3 cm³/mol. The van der Waals surface area contributed by atoms with Crippen LogP contribution in [0.25, 0.3) is 11.6 Å². The molecule has 0 aliphatic rings. The van der Waals surface area contributed by atoms with E-state index in [1.54, 1.807) is 36.4 Å². The molecular weight excluding hydrogens is 341 g/mol. The molecule has 0 amide bonds. The molecule has 0 unspecified atom stereocenters. The van der Waals surface area contributed by atoms with Crippen molar-refractivity contribution in [1.82, 2.24) is 0 Å². The van der Waals surface area contributed by atoms with Crippen LogP contribution in [0.5, 0.6) is 11.5 Å². The van der Waals surface area contributed by atoms with Gasteiger partial charge in [-0.2, -0.15) is 5.26 Å². The van der Waals surface area contributed by atoms with Crippen molar-refractivity contribution in [2.75, 3.05) is 6.61 Å². The molecule has 5 heteroatoms. The van der Waals surface area contributed by atoms with Crippen molar-refractivity contribution in [3.05, 3.63) is 58.4 Å². The number of ether oxygens (including phenoxy) is 2. The Bertz CT molecular complexity index is 825. The molecule has 0 aromatic heterocycles. The molecule has 0 bridgehead atoms. The fraction of sp³-hybridized carbons (Fsp3) is 0.250. The molecule has 0 saturated carbocycles. The summed E-state index contributed by atoms with van der Waals surface area (Å²) in [5, 5.41) is 9.78. The first-order chi connectivity index (χ1) is 12.0. The average molecular weight is 360 g/mol. The molecule has 0 aliphatic heterocycles. The molecule has 0 spiro atoms. The molecule has 0 atom stereocenters. The topological polar surface area (TPSA) is 42.2 Å². The van der Waals surface area contributed by atoms with Crippen LogP contribution in [0.1, 0.15) is 31.9 Å². The van der Waals surface area contributed by atoms with Crippen molar-refractivity contribution in [3.63, 3.8) is 0 Å². The summed E-state index contributed by atoms with van der Waals surface area (Å²) in [6, 6.07) is 11.6. The summed E-state index contributed by atoms with van der Waals surface area (Å²) < 4.78 is 25.3. The van der Waals surface area contributed by atoms with E-state index in [2.05, 4.69) is 0 Å². The Morgan fingerprint density at radius 2 is 2.04 bits per heavy atom. The first kappa shape index (κ1) is 18.8. The van der Waals surface area contributed by atoms with E-state index in [1.807, 2.05) is 26.8 Å². The van der Waals surface area contributed by atoms with Gasteiger partial charge in [-0.1, -0.05) is 29.8 Å². The lowest BCUT2D eigenvalue weighted by molar-refractivity contribution is 0.224. The van der Waals surface area contributed by atoms with Gasteiger partial charge in [-0.15, -0.1) is 0 Å². The van der Waals surface area contributed by atoms with Crippen molar-refractivity contribution in [2.24, 2.45) is 0 Å². The molecule has 0 radical (unpaired) electrons. The Morgan fingerprint density at radius 1 is 1.32 bits per heavy atom. The monoisotopic (exact) mass is 359 g/mol. The van der Waals surface area contributed by atoms with Crippen molar-refractivity contribution in [1.29, 1.82) is 5.26 Å². The van der Waals surface area contributed by atoms with Crippen molar-refractivity contribution in [3.8, 4) is 17.6 Å². The third kappa shape index (κ3) is 4.74. The molecule has 0 saturated heterocycles. The molecule has 0 aliphatic carbocycles. The zero-order valence-electron chi connectivity index (χ0n) is 14.3. The van der Waals surface area contributed by atoms with E-state index in [1.165, 1.54) is 6.07 Å². The van der Waals surface area contributed by atoms with Crippen LogP contribution in [0, 0.1) is 17.1 Å². The molecule has 2 rings (SSSR count). The number of hydrogen-bond donors (Lipinski definition) is 0.